The standard InChI is InChI=1S/2C16H17NSi.2C10H9.4ClH.2Zr/c1-18(2)12-13-8-14-10-17(11-15(14)9-13)16-6-4-3-5-7-16;1-18(2)12-13-10-14-8-9-17(16(14)11-13)15-6-4-3-5-7-15;2*1-8-6-9-4-2-3-5-10(9)7-8;;;;;;/h3-10,12H,11H2,1-2H3;3-8,10-12H,9H2,1-2H3;2*2-7H,1H3;4*1H;;/q;;2*-1;;;;;2*+4/p-4. The molecule has 2 aliphatic heterocycles. The fraction of sp³-hybridized carbons (Fsp3) is 0.154. The van der Waals surface area contributed by atoms with Crippen LogP contribution in [0.4, 0.5) is 11.4 Å². The molecule has 6 aromatic carbocycles. The molecule has 0 fully saturated rings. The number of anilines is 2. The molecule has 312 valence electrons. The van der Waals surface area contributed by atoms with Gasteiger partial charge < -0.3 is 59.4 Å². The van der Waals surface area contributed by atoms with Gasteiger partial charge in [-0.3, -0.25) is 0 Å². The molecule has 0 bridgehead atoms. The minimum Gasteiger partial charge on any atom is -1.00 e. The molecule has 2 aliphatic carbocycles. The van der Waals surface area contributed by atoms with Gasteiger partial charge in [-0.1, -0.05) is 106 Å². The van der Waals surface area contributed by atoms with Crippen molar-refractivity contribution < 1.29 is 102 Å². The van der Waals surface area contributed by atoms with Crippen LogP contribution in [0, 0.1) is 13.8 Å². The van der Waals surface area contributed by atoms with Crippen LogP contribution in [-0.2, 0) is 52.4 Å². The number of benzene rings is 4. The summed E-state index contributed by atoms with van der Waals surface area (Å²) in [6.45, 7) is 15.5. The molecule has 62 heavy (non-hydrogen) atoms. The fourth-order valence-corrected chi connectivity index (χ4v) is 9.22. The van der Waals surface area contributed by atoms with E-state index in [0.717, 1.165) is 13.1 Å². The van der Waals surface area contributed by atoms with Gasteiger partial charge in [-0.25, -0.2) is 0 Å². The molecule has 0 amide bonds. The van der Waals surface area contributed by atoms with E-state index in [9.17, 15) is 0 Å². The van der Waals surface area contributed by atoms with Gasteiger partial charge in [0.1, 0.15) is 0 Å². The summed E-state index contributed by atoms with van der Waals surface area (Å²) in [5.41, 5.74) is 18.5. The molecule has 2 nitrogen and oxygen atoms in total. The molecule has 0 aromatic heterocycles. The van der Waals surface area contributed by atoms with E-state index < -0.39 is 0 Å². The first-order valence-corrected chi connectivity index (χ1v) is 24.8. The quantitative estimate of drug-likeness (QED) is 0.188. The Hall–Kier alpha value is -2.76. The summed E-state index contributed by atoms with van der Waals surface area (Å²) in [6.07, 6.45) is 13.9. The number of fused-ring (bicyclic) bond motifs is 4. The van der Waals surface area contributed by atoms with Crippen molar-refractivity contribution in [3.8, 4) is 0 Å². The molecule has 10 rings (SSSR count). The molecular weight excluding hydrogens is 1030 g/mol. The first kappa shape index (κ1) is 57.3. The van der Waals surface area contributed by atoms with Crippen LogP contribution in [0.3, 0.4) is 0 Å². The van der Waals surface area contributed by atoms with E-state index in [2.05, 4.69) is 231 Å². The summed E-state index contributed by atoms with van der Waals surface area (Å²) < 4.78 is 0. The summed E-state index contributed by atoms with van der Waals surface area (Å²) >= 11 is 0. The van der Waals surface area contributed by atoms with E-state index in [1.54, 1.807) is 0 Å². The van der Waals surface area contributed by atoms with Gasteiger partial charge in [-0.2, -0.15) is 12.1 Å². The van der Waals surface area contributed by atoms with Crippen LogP contribution in [0.15, 0.2) is 204 Å². The van der Waals surface area contributed by atoms with E-state index in [1.807, 2.05) is 0 Å². The van der Waals surface area contributed by atoms with Crippen molar-refractivity contribution in [1.29, 1.82) is 0 Å². The van der Waals surface area contributed by atoms with E-state index in [0.29, 0.717) is 0 Å². The molecule has 0 unspecified atom stereocenters. The monoisotopic (exact) mass is 1080 g/mol. The molecule has 0 saturated carbocycles. The summed E-state index contributed by atoms with van der Waals surface area (Å²) in [5.74, 6) is 0. The predicted molar refractivity (Wildman–Crippen MR) is 252 cm³/mol. The number of para-hydroxylation sites is 2. The molecule has 0 saturated heterocycles. The maximum atomic E-state index is 2.42. The third-order valence-electron chi connectivity index (χ3n) is 9.97. The first-order chi connectivity index (χ1) is 27.2. The van der Waals surface area contributed by atoms with Crippen molar-refractivity contribution in [3.05, 3.63) is 215 Å². The van der Waals surface area contributed by atoms with Gasteiger partial charge in [0.2, 0.25) is 0 Å². The Balaban J connectivity index is 0.000000413. The SMILES string of the molecule is C[Si](C)=CC1=CC2=CCN(c3ccccc3)C2=C1.C[Si](C)=CC1=CC2=CN(c3ccccc3)CC2=C1.Cc1cc2ccccc2[cH-]1.Cc1cc2ccccc2[cH-]1.[Cl-].[Cl-].[Cl-].[Cl-].[Zr+4].[Zr+4]. The van der Waals surface area contributed by atoms with E-state index in [4.69, 9.17) is 0 Å². The largest absolute Gasteiger partial charge is 4.00 e. The van der Waals surface area contributed by atoms with Gasteiger partial charge in [-0.05, 0) is 76.4 Å². The van der Waals surface area contributed by atoms with Gasteiger partial charge in [0.05, 0.1) is 0 Å². The molecule has 0 N–H and O–H groups in total. The molecule has 6 aromatic rings. The Morgan fingerprint density at radius 3 is 1.47 bits per heavy atom. The average Bonchev–Trinajstić information content (AvgIpc) is 4.03. The van der Waals surface area contributed by atoms with Crippen molar-refractivity contribution in [1.82, 2.24) is 0 Å². The predicted octanol–water partition coefficient (Wildman–Crippen LogP) is 0.536. The maximum absolute atomic E-state index is 2.42. The number of rotatable bonds is 4. The Kier molecular flexibility index (Phi) is 25.4. The second-order valence-corrected chi connectivity index (χ2v) is 20.3. The van der Waals surface area contributed by atoms with Crippen molar-refractivity contribution >= 4 is 61.1 Å². The van der Waals surface area contributed by atoms with Gasteiger partial charge in [0, 0.05) is 53.2 Å². The van der Waals surface area contributed by atoms with E-state index in [-0.39, 0.29) is 119 Å². The van der Waals surface area contributed by atoms with Crippen molar-refractivity contribution in [3.63, 3.8) is 0 Å². The topological polar surface area (TPSA) is 6.48 Å². The molecule has 0 atom stereocenters. The Morgan fingerprint density at radius 2 is 0.984 bits per heavy atom. The molecule has 0 radical (unpaired) electrons. The Morgan fingerprint density at radius 1 is 0.532 bits per heavy atom. The van der Waals surface area contributed by atoms with Gasteiger partial charge in [0.25, 0.3) is 0 Å². The summed E-state index contributed by atoms with van der Waals surface area (Å²) in [5, 5.41) is 5.39. The molecule has 2 heterocycles. The molecule has 4 aliphatic rings. The molecule has 0 spiro atoms. The minimum atomic E-state index is -0.313. The zero-order chi connectivity index (χ0) is 39.0. The number of aryl methyl sites for hydroxylation is 2. The number of hydrogen-bond donors (Lipinski definition) is 0. The summed E-state index contributed by atoms with van der Waals surface area (Å²) in [4.78, 5) is 4.70. The normalized spacial score (nSPS) is 13.3. The van der Waals surface area contributed by atoms with E-state index >= 15 is 0 Å². The number of hydrogen-bond acceptors (Lipinski definition) is 2. The van der Waals surface area contributed by atoms with Gasteiger partial charge >= 0.3 is 52.4 Å². The number of allylic oxidation sites excluding steroid dienone is 6. The smallest absolute Gasteiger partial charge is 1.00 e. The van der Waals surface area contributed by atoms with Crippen molar-refractivity contribution in [2.24, 2.45) is 0 Å². The van der Waals surface area contributed by atoms with Crippen molar-refractivity contribution in [2.45, 2.75) is 40.0 Å². The first-order valence-electron chi connectivity index (χ1n) is 19.7. The second kappa shape index (κ2) is 27.5. The third-order valence-corrected chi connectivity index (χ3v) is 11.8. The molecule has 10 heteroatoms. The summed E-state index contributed by atoms with van der Waals surface area (Å²) in [7, 11) is -0.604. The maximum Gasteiger partial charge on any atom is 4.00 e. The number of halogens is 4. The van der Waals surface area contributed by atoms with Crippen LogP contribution in [-0.4, -0.2) is 41.3 Å². The molecular formula is C52H52Cl4N2Si2Zr2+2. The Bertz CT molecular complexity index is 2470. The van der Waals surface area contributed by atoms with Crippen LogP contribution in [0.2, 0.25) is 26.2 Å². The number of nitrogens with zero attached hydrogens (tertiary/aromatic N) is 2. The van der Waals surface area contributed by atoms with E-state index in [1.165, 1.54) is 77.6 Å². The average molecular weight is 1090 g/mol. The summed E-state index contributed by atoms with van der Waals surface area (Å²) in [6, 6.07) is 46.8. The van der Waals surface area contributed by atoms with Crippen molar-refractivity contribution in [2.75, 3.05) is 22.9 Å². The zero-order valence-electron chi connectivity index (χ0n) is 36.1. The minimum absolute atomic E-state index is 0. The van der Waals surface area contributed by atoms with Crippen LogP contribution >= 0.6 is 0 Å². The fourth-order valence-electron chi connectivity index (χ4n) is 7.56. The van der Waals surface area contributed by atoms with Gasteiger partial charge in [0.15, 0.2) is 0 Å². The zero-order valence-corrected chi connectivity index (χ0v) is 46.1. The van der Waals surface area contributed by atoms with Crippen LogP contribution in [0.25, 0.3) is 21.5 Å². The third kappa shape index (κ3) is 15.5. The van der Waals surface area contributed by atoms with Crippen LogP contribution in [0.1, 0.15) is 11.1 Å². The van der Waals surface area contributed by atoms with Crippen LogP contribution in [0.5, 0.6) is 0 Å². The second-order valence-electron chi connectivity index (χ2n) is 15.4. The van der Waals surface area contributed by atoms with Crippen LogP contribution < -0.4 is 59.4 Å². The Labute approximate surface area is 436 Å². The van der Waals surface area contributed by atoms with Gasteiger partial charge in [-0.15, -0.1) is 81.2 Å².